The van der Waals surface area contributed by atoms with Crippen molar-refractivity contribution in [1.82, 2.24) is 0 Å². The number of ether oxygens (including phenoxy) is 2. The van der Waals surface area contributed by atoms with E-state index >= 15 is 0 Å². The lowest BCUT2D eigenvalue weighted by molar-refractivity contribution is -0.185. The van der Waals surface area contributed by atoms with E-state index in [0.717, 1.165) is 38.4 Å². The average molecular weight is 371 g/mol. The van der Waals surface area contributed by atoms with Crippen molar-refractivity contribution in [3.05, 3.63) is 11.6 Å². The third kappa shape index (κ3) is 2.08. The van der Waals surface area contributed by atoms with E-state index in [2.05, 4.69) is 19.9 Å². The van der Waals surface area contributed by atoms with E-state index in [1.54, 1.807) is 5.57 Å². The van der Waals surface area contributed by atoms with E-state index in [9.17, 15) is 4.79 Å². The van der Waals surface area contributed by atoms with E-state index in [0.29, 0.717) is 34.9 Å². The predicted molar refractivity (Wildman–Crippen MR) is 103 cm³/mol. The zero-order valence-corrected chi connectivity index (χ0v) is 17.0. The topological polar surface area (TPSA) is 35.5 Å². The van der Waals surface area contributed by atoms with Gasteiger partial charge in [0.05, 0.1) is 13.2 Å². The Morgan fingerprint density at radius 2 is 1.78 bits per heavy atom. The minimum absolute atomic E-state index is 0.0216. The molecule has 6 rings (SSSR count). The molecule has 0 aromatic rings. The lowest BCUT2D eigenvalue weighted by Crippen LogP contribution is -2.53. The lowest BCUT2D eigenvalue weighted by atomic mass is 9.47. The summed E-state index contributed by atoms with van der Waals surface area (Å²) in [6.45, 7) is 6.37. The quantitative estimate of drug-likeness (QED) is 0.569. The fourth-order valence-corrected chi connectivity index (χ4v) is 8.85. The van der Waals surface area contributed by atoms with Gasteiger partial charge in [-0.15, -0.1) is 0 Å². The van der Waals surface area contributed by atoms with Gasteiger partial charge >= 0.3 is 0 Å². The molecule has 1 aliphatic heterocycles. The number of hydrogen-bond donors (Lipinski definition) is 0. The first kappa shape index (κ1) is 17.2. The van der Waals surface area contributed by atoms with Crippen LogP contribution in [0, 0.1) is 40.4 Å². The van der Waals surface area contributed by atoms with Gasteiger partial charge in [-0.3, -0.25) is 4.79 Å². The molecule has 6 aliphatic rings. The van der Waals surface area contributed by atoms with E-state index in [1.807, 2.05) is 0 Å². The summed E-state index contributed by atoms with van der Waals surface area (Å²) in [4.78, 5) is 13.3. The van der Waals surface area contributed by atoms with Gasteiger partial charge in [0.1, 0.15) is 5.78 Å². The van der Waals surface area contributed by atoms with Crippen molar-refractivity contribution in [2.24, 2.45) is 40.4 Å². The van der Waals surface area contributed by atoms with Crippen LogP contribution in [0.1, 0.15) is 71.6 Å². The number of rotatable bonds is 0. The lowest BCUT2D eigenvalue weighted by Gasteiger charge is -2.58. The molecule has 0 N–H and O–H groups in total. The zero-order valence-electron chi connectivity index (χ0n) is 17.0. The van der Waals surface area contributed by atoms with E-state index in [-0.39, 0.29) is 11.2 Å². The first-order valence-electron chi connectivity index (χ1n) is 11.5. The minimum Gasteiger partial charge on any atom is -0.347 e. The molecule has 7 atom stereocenters. The molecule has 27 heavy (non-hydrogen) atoms. The molecular formula is C24H34O3. The van der Waals surface area contributed by atoms with Crippen LogP contribution in [-0.2, 0) is 14.3 Å². The maximum atomic E-state index is 13.3. The van der Waals surface area contributed by atoms with Crippen molar-refractivity contribution in [1.29, 1.82) is 0 Å². The van der Waals surface area contributed by atoms with Gasteiger partial charge in [0.25, 0.3) is 0 Å². The fraction of sp³-hybridized carbons (Fsp3) is 0.875. The van der Waals surface area contributed by atoms with Crippen molar-refractivity contribution >= 4 is 5.78 Å². The largest absolute Gasteiger partial charge is 0.347 e. The number of fused-ring (bicyclic) bond motifs is 7. The first-order chi connectivity index (χ1) is 13.0. The van der Waals surface area contributed by atoms with Crippen LogP contribution in [0.15, 0.2) is 11.6 Å². The molecule has 3 nitrogen and oxygen atoms in total. The third-order valence-electron chi connectivity index (χ3n) is 10.1. The van der Waals surface area contributed by atoms with Crippen LogP contribution in [0.5, 0.6) is 0 Å². The maximum absolute atomic E-state index is 13.3. The highest BCUT2D eigenvalue weighted by atomic mass is 16.7. The molecule has 4 saturated carbocycles. The SMILES string of the molecule is C[C@]12CCC3(CC1=CCC1C2CC[C@]2(C)C(=O)[C@@H]4CCCC4C12)OCCO3. The molecule has 1 spiro atoms. The summed E-state index contributed by atoms with van der Waals surface area (Å²) in [7, 11) is 0. The molecule has 3 heteroatoms. The van der Waals surface area contributed by atoms with Crippen molar-refractivity contribution in [3.8, 4) is 0 Å². The Hall–Kier alpha value is -0.670. The van der Waals surface area contributed by atoms with Gasteiger partial charge < -0.3 is 9.47 Å². The predicted octanol–water partition coefficient (Wildman–Crippen LogP) is 4.90. The van der Waals surface area contributed by atoms with Gasteiger partial charge in [0.2, 0.25) is 0 Å². The summed E-state index contributed by atoms with van der Waals surface area (Å²) < 4.78 is 12.1. The normalized spacial score (nSPS) is 52.9. The molecule has 1 saturated heterocycles. The number of carbonyl (C=O) groups excluding carboxylic acids is 1. The van der Waals surface area contributed by atoms with Gasteiger partial charge in [-0.05, 0) is 67.6 Å². The summed E-state index contributed by atoms with van der Waals surface area (Å²) in [6.07, 6.45) is 13.1. The molecule has 0 bridgehead atoms. The third-order valence-corrected chi connectivity index (χ3v) is 10.1. The maximum Gasteiger partial charge on any atom is 0.172 e. The second-order valence-electron chi connectivity index (χ2n) is 11.0. The molecular weight excluding hydrogens is 336 g/mol. The molecule has 4 unspecified atom stereocenters. The molecule has 0 amide bonds. The summed E-state index contributed by atoms with van der Waals surface area (Å²) >= 11 is 0. The van der Waals surface area contributed by atoms with Crippen molar-refractivity contribution in [2.75, 3.05) is 13.2 Å². The Balaban J connectivity index is 1.36. The Bertz CT molecular complexity index is 704. The molecule has 148 valence electrons. The Kier molecular flexibility index (Phi) is 3.49. The highest BCUT2D eigenvalue weighted by Gasteiger charge is 2.65. The van der Waals surface area contributed by atoms with E-state index in [1.165, 1.54) is 38.5 Å². The highest BCUT2D eigenvalue weighted by molar-refractivity contribution is 5.90. The average Bonchev–Trinajstić information content (AvgIpc) is 3.35. The molecule has 0 radical (unpaired) electrons. The van der Waals surface area contributed by atoms with Crippen LogP contribution in [0.2, 0.25) is 0 Å². The number of carbonyl (C=O) groups is 1. The van der Waals surface area contributed by atoms with Crippen LogP contribution in [0.25, 0.3) is 0 Å². The molecule has 5 fully saturated rings. The van der Waals surface area contributed by atoms with Gasteiger partial charge in [0, 0.05) is 24.2 Å². The monoisotopic (exact) mass is 370 g/mol. The van der Waals surface area contributed by atoms with Crippen LogP contribution in [-0.4, -0.2) is 24.8 Å². The Morgan fingerprint density at radius 1 is 0.963 bits per heavy atom. The van der Waals surface area contributed by atoms with Crippen LogP contribution in [0.3, 0.4) is 0 Å². The molecule has 1 heterocycles. The summed E-state index contributed by atoms with van der Waals surface area (Å²) in [5.41, 5.74) is 1.88. The zero-order chi connectivity index (χ0) is 18.4. The Morgan fingerprint density at radius 3 is 2.59 bits per heavy atom. The van der Waals surface area contributed by atoms with Crippen LogP contribution < -0.4 is 0 Å². The van der Waals surface area contributed by atoms with Crippen LogP contribution in [0.4, 0.5) is 0 Å². The molecule has 0 aromatic heterocycles. The fourth-order valence-electron chi connectivity index (χ4n) is 8.85. The Labute approximate surface area is 163 Å². The summed E-state index contributed by atoms with van der Waals surface area (Å²) in [6, 6.07) is 0. The smallest absolute Gasteiger partial charge is 0.172 e. The van der Waals surface area contributed by atoms with Crippen molar-refractivity contribution in [3.63, 3.8) is 0 Å². The summed E-state index contributed by atoms with van der Waals surface area (Å²) in [5, 5.41) is 0. The van der Waals surface area contributed by atoms with Gasteiger partial charge in [0.15, 0.2) is 5.79 Å². The summed E-state index contributed by atoms with van der Waals surface area (Å²) in [5.74, 6) is 3.51. The molecule has 0 aromatic carbocycles. The van der Waals surface area contributed by atoms with Crippen molar-refractivity contribution in [2.45, 2.75) is 77.4 Å². The highest BCUT2D eigenvalue weighted by Crippen LogP contribution is 2.68. The van der Waals surface area contributed by atoms with E-state index < -0.39 is 0 Å². The van der Waals surface area contributed by atoms with Crippen molar-refractivity contribution < 1.29 is 14.3 Å². The second-order valence-corrected chi connectivity index (χ2v) is 11.0. The van der Waals surface area contributed by atoms with Gasteiger partial charge in [-0.1, -0.05) is 31.9 Å². The number of hydrogen-bond acceptors (Lipinski definition) is 3. The van der Waals surface area contributed by atoms with Crippen LogP contribution >= 0.6 is 0 Å². The number of allylic oxidation sites excluding steroid dienone is 1. The van der Waals surface area contributed by atoms with Gasteiger partial charge in [-0.25, -0.2) is 0 Å². The van der Waals surface area contributed by atoms with Gasteiger partial charge in [-0.2, -0.15) is 0 Å². The standard InChI is InChI=1S/C24H34O3/c1-22-10-11-24(26-12-13-27-24)14-15(22)6-7-18-19(22)8-9-23(2)20(18)16-4-3-5-17(16)21(23)25/h6,16-20H,3-5,7-14H2,1-2H3/t16?,17-,18?,19?,20?,22+,23+/m1/s1. The first-order valence-corrected chi connectivity index (χ1v) is 11.5. The number of ketones is 1. The second kappa shape index (κ2) is 5.48. The molecule has 5 aliphatic carbocycles. The van der Waals surface area contributed by atoms with E-state index in [4.69, 9.17) is 9.47 Å². The minimum atomic E-state index is -0.318. The number of Topliss-reactive ketones (excluding diaryl/α,β-unsaturated/α-hetero) is 1.